The van der Waals surface area contributed by atoms with Gasteiger partial charge in [0.05, 0.1) is 5.92 Å². The predicted molar refractivity (Wildman–Crippen MR) is 110 cm³/mol. The number of likely N-dealkylation sites (N-methyl/N-ethyl adjacent to an activating group) is 1. The van der Waals surface area contributed by atoms with Gasteiger partial charge in [-0.1, -0.05) is 30.3 Å². The van der Waals surface area contributed by atoms with Crippen LogP contribution in [0.1, 0.15) is 53.1 Å². The first kappa shape index (κ1) is 18.2. The molecule has 0 radical (unpaired) electrons. The van der Waals surface area contributed by atoms with Crippen molar-refractivity contribution in [2.24, 2.45) is 0 Å². The molecule has 6 nitrogen and oxygen atoms in total. The molecule has 1 aliphatic heterocycles. The lowest BCUT2D eigenvalue weighted by molar-refractivity contribution is 0.0951. The van der Waals surface area contributed by atoms with Gasteiger partial charge in [-0.05, 0) is 43.2 Å². The minimum Gasteiger partial charge on any atom is -0.373 e. The van der Waals surface area contributed by atoms with Crippen LogP contribution >= 0.6 is 0 Å². The molecule has 1 aliphatic rings. The summed E-state index contributed by atoms with van der Waals surface area (Å²) in [6.45, 7) is 5.50. The molecule has 2 heterocycles. The van der Waals surface area contributed by atoms with Gasteiger partial charge in [0.1, 0.15) is 6.33 Å². The van der Waals surface area contributed by atoms with Crippen molar-refractivity contribution in [3.8, 4) is 0 Å². The Morgan fingerprint density at radius 3 is 2.71 bits per heavy atom. The van der Waals surface area contributed by atoms with E-state index < -0.39 is 0 Å². The fourth-order valence-electron chi connectivity index (χ4n) is 3.59. The van der Waals surface area contributed by atoms with Gasteiger partial charge in [0, 0.05) is 37.4 Å². The summed E-state index contributed by atoms with van der Waals surface area (Å²) in [5, 5.41) is 7.66. The van der Waals surface area contributed by atoms with E-state index in [1.165, 1.54) is 0 Å². The van der Waals surface area contributed by atoms with E-state index in [2.05, 4.69) is 41.2 Å². The number of hydrogen-bond acceptors (Lipinski definition) is 4. The second-order valence-corrected chi connectivity index (χ2v) is 7.55. The number of nitrogens with zero attached hydrogens (tertiary/aromatic N) is 4. The molecule has 3 aromatic rings. The zero-order chi connectivity index (χ0) is 19.7. The standard InChI is InChI=1S/C22H25N5O/c1-15(2)27-14-24-21(25-27)19-13-26(3)20-10-9-17(11-18(19)20)22(28)23-12-16-7-5-4-6-8-16/h4-11,14-15,19H,12-13H2,1-3H3,(H,23,28). The van der Waals surface area contributed by atoms with Gasteiger partial charge in [-0.25, -0.2) is 4.98 Å². The Hall–Kier alpha value is -3.15. The molecule has 0 spiro atoms. The summed E-state index contributed by atoms with van der Waals surface area (Å²) in [6, 6.07) is 16.1. The van der Waals surface area contributed by atoms with E-state index in [1.807, 2.05) is 53.2 Å². The summed E-state index contributed by atoms with van der Waals surface area (Å²) < 4.78 is 1.88. The van der Waals surface area contributed by atoms with Gasteiger partial charge in [-0.3, -0.25) is 9.48 Å². The normalized spacial score (nSPS) is 15.7. The van der Waals surface area contributed by atoms with E-state index in [4.69, 9.17) is 0 Å². The highest BCUT2D eigenvalue weighted by Gasteiger charge is 2.31. The number of amides is 1. The highest BCUT2D eigenvalue weighted by Crippen LogP contribution is 2.38. The van der Waals surface area contributed by atoms with Crippen molar-refractivity contribution in [1.29, 1.82) is 0 Å². The minimum atomic E-state index is -0.0689. The molecular weight excluding hydrogens is 350 g/mol. The summed E-state index contributed by atoms with van der Waals surface area (Å²) in [5.74, 6) is 0.809. The van der Waals surface area contributed by atoms with Crippen LogP contribution < -0.4 is 10.2 Å². The molecule has 0 saturated carbocycles. The van der Waals surface area contributed by atoms with Crippen molar-refractivity contribution < 1.29 is 4.79 Å². The van der Waals surface area contributed by atoms with Gasteiger partial charge >= 0.3 is 0 Å². The quantitative estimate of drug-likeness (QED) is 0.743. The molecule has 6 heteroatoms. The lowest BCUT2D eigenvalue weighted by Gasteiger charge is -2.12. The van der Waals surface area contributed by atoms with Gasteiger partial charge in [0.15, 0.2) is 5.82 Å². The second kappa shape index (κ2) is 7.46. The zero-order valence-electron chi connectivity index (χ0n) is 16.5. The van der Waals surface area contributed by atoms with Crippen molar-refractivity contribution in [2.45, 2.75) is 32.4 Å². The van der Waals surface area contributed by atoms with Crippen LogP contribution in [0.15, 0.2) is 54.9 Å². The number of hydrogen-bond donors (Lipinski definition) is 1. The molecule has 4 rings (SSSR count). The number of benzene rings is 2. The lowest BCUT2D eigenvalue weighted by atomic mass is 9.98. The molecule has 144 valence electrons. The third kappa shape index (κ3) is 3.50. The van der Waals surface area contributed by atoms with Crippen molar-refractivity contribution in [1.82, 2.24) is 20.1 Å². The number of nitrogens with one attached hydrogen (secondary N) is 1. The Balaban J connectivity index is 1.56. The largest absolute Gasteiger partial charge is 0.373 e. The molecule has 0 bridgehead atoms. The molecule has 28 heavy (non-hydrogen) atoms. The van der Waals surface area contributed by atoms with Crippen molar-refractivity contribution in [2.75, 3.05) is 18.5 Å². The highest BCUT2D eigenvalue weighted by molar-refractivity contribution is 5.95. The van der Waals surface area contributed by atoms with Gasteiger partial charge < -0.3 is 10.2 Å². The summed E-state index contributed by atoms with van der Waals surface area (Å²) in [7, 11) is 2.06. The number of rotatable bonds is 5. The van der Waals surface area contributed by atoms with Gasteiger partial charge in [0.2, 0.25) is 0 Å². The van der Waals surface area contributed by atoms with Crippen LogP contribution in [-0.2, 0) is 6.54 Å². The van der Waals surface area contributed by atoms with E-state index in [0.717, 1.165) is 29.2 Å². The number of carbonyl (C=O) groups is 1. The van der Waals surface area contributed by atoms with Crippen LogP contribution in [0.25, 0.3) is 0 Å². The first-order valence-corrected chi connectivity index (χ1v) is 9.61. The molecule has 2 aromatic carbocycles. The van der Waals surface area contributed by atoms with Gasteiger partial charge in [-0.2, -0.15) is 5.10 Å². The van der Waals surface area contributed by atoms with Crippen LogP contribution in [0.3, 0.4) is 0 Å². The van der Waals surface area contributed by atoms with Crippen LogP contribution in [-0.4, -0.2) is 34.3 Å². The summed E-state index contributed by atoms with van der Waals surface area (Å²) >= 11 is 0. The average molecular weight is 375 g/mol. The number of anilines is 1. The van der Waals surface area contributed by atoms with E-state index in [-0.39, 0.29) is 17.9 Å². The zero-order valence-corrected chi connectivity index (χ0v) is 16.5. The molecule has 0 saturated heterocycles. The molecule has 1 unspecified atom stereocenters. The molecule has 0 fully saturated rings. The van der Waals surface area contributed by atoms with E-state index in [0.29, 0.717) is 12.1 Å². The molecule has 1 aromatic heterocycles. The SMILES string of the molecule is CC(C)n1cnc(C2CN(C)c3ccc(C(=O)NCc4ccccc4)cc32)n1. The maximum atomic E-state index is 12.7. The minimum absolute atomic E-state index is 0.0689. The monoisotopic (exact) mass is 375 g/mol. The summed E-state index contributed by atoms with van der Waals surface area (Å²) in [5.41, 5.74) is 3.98. The smallest absolute Gasteiger partial charge is 0.251 e. The fraction of sp³-hybridized carbons (Fsp3) is 0.318. The number of aromatic nitrogens is 3. The van der Waals surface area contributed by atoms with E-state index in [1.54, 1.807) is 6.33 Å². The third-order valence-corrected chi connectivity index (χ3v) is 5.20. The molecule has 1 N–H and O–H groups in total. The number of carbonyl (C=O) groups excluding carboxylic acids is 1. The van der Waals surface area contributed by atoms with Crippen molar-refractivity contribution in [3.63, 3.8) is 0 Å². The molecule has 1 atom stereocenters. The van der Waals surface area contributed by atoms with Gasteiger partial charge in [-0.15, -0.1) is 0 Å². The van der Waals surface area contributed by atoms with Crippen LogP contribution in [0.5, 0.6) is 0 Å². The summed E-state index contributed by atoms with van der Waals surface area (Å²) in [4.78, 5) is 19.4. The Kier molecular flexibility index (Phi) is 4.86. The molecule has 0 aliphatic carbocycles. The number of fused-ring (bicyclic) bond motifs is 1. The maximum absolute atomic E-state index is 12.7. The Bertz CT molecular complexity index is 980. The topological polar surface area (TPSA) is 63.1 Å². The van der Waals surface area contributed by atoms with E-state index in [9.17, 15) is 4.79 Å². The first-order chi connectivity index (χ1) is 13.5. The lowest BCUT2D eigenvalue weighted by Crippen LogP contribution is -2.22. The average Bonchev–Trinajstić information content (AvgIpc) is 3.32. The first-order valence-electron chi connectivity index (χ1n) is 9.61. The molecule has 1 amide bonds. The van der Waals surface area contributed by atoms with Crippen LogP contribution in [0.2, 0.25) is 0 Å². The highest BCUT2D eigenvalue weighted by atomic mass is 16.1. The van der Waals surface area contributed by atoms with Crippen molar-refractivity contribution >= 4 is 11.6 Å². The van der Waals surface area contributed by atoms with E-state index >= 15 is 0 Å². The fourth-order valence-corrected chi connectivity index (χ4v) is 3.59. The van der Waals surface area contributed by atoms with Crippen molar-refractivity contribution in [3.05, 3.63) is 77.4 Å². The Morgan fingerprint density at radius 2 is 2.00 bits per heavy atom. The molecular formula is C22H25N5O. The maximum Gasteiger partial charge on any atom is 0.251 e. The Morgan fingerprint density at radius 1 is 1.21 bits per heavy atom. The van der Waals surface area contributed by atoms with Crippen LogP contribution in [0, 0.1) is 0 Å². The Labute approximate surface area is 165 Å². The third-order valence-electron chi connectivity index (χ3n) is 5.20. The summed E-state index contributed by atoms with van der Waals surface area (Å²) in [6.07, 6.45) is 1.79. The second-order valence-electron chi connectivity index (χ2n) is 7.55. The predicted octanol–water partition coefficient (Wildman–Crippen LogP) is 3.37. The van der Waals surface area contributed by atoms with Gasteiger partial charge in [0.25, 0.3) is 5.91 Å². The van der Waals surface area contributed by atoms with Crippen LogP contribution in [0.4, 0.5) is 5.69 Å².